The molecule has 0 saturated heterocycles. The molecule has 0 fully saturated rings. The van der Waals surface area contributed by atoms with E-state index in [-0.39, 0.29) is 12.0 Å². The summed E-state index contributed by atoms with van der Waals surface area (Å²) in [6.07, 6.45) is 0.494. The Morgan fingerprint density at radius 1 is 1.20 bits per heavy atom. The topological polar surface area (TPSA) is 41.6 Å². The third-order valence-corrected chi connectivity index (χ3v) is 3.01. The van der Waals surface area contributed by atoms with Gasteiger partial charge < -0.3 is 15.0 Å². The van der Waals surface area contributed by atoms with Gasteiger partial charge >= 0.3 is 0 Å². The average Bonchev–Trinajstić information content (AvgIpc) is 2.38. The number of carbonyl (C=O) groups excluding carboxylic acids is 1. The molecular weight excluding hydrogens is 252 g/mol. The first-order valence-electron chi connectivity index (χ1n) is 7.09. The maximum Gasteiger partial charge on any atom is 0.248 e. The highest BCUT2D eigenvalue weighted by Gasteiger charge is 2.13. The van der Waals surface area contributed by atoms with Crippen LogP contribution in [-0.4, -0.2) is 38.8 Å². The quantitative estimate of drug-likeness (QED) is 0.831. The maximum absolute atomic E-state index is 11.8. The summed E-state index contributed by atoms with van der Waals surface area (Å²) in [6, 6.07) is 8.36. The first-order chi connectivity index (χ1) is 9.40. The van der Waals surface area contributed by atoms with Gasteiger partial charge in [-0.2, -0.15) is 0 Å². The fraction of sp³-hybridized carbons (Fsp3) is 0.562. The predicted octanol–water partition coefficient (Wildman–Crippen LogP) is 2.22. The maximum atomic E-state index is 11.8. The molecule has 0 saturated carbocycles. The van der Waals surface area contributed by atoms with Gasteiger partial charge in [-0.15, -0.1) is 0 Å². The molecule has 1 amide bonds. The first kappa shape index (κ1) is 16.5. The second kappa shape index (κ2) is 7.90. The highest BCUT2D eigenvalue weighted by molar-refractivity contribution is 5.80. The van der Waals surface area contributed by atoms with E-state index in [4.69, 9.17) is 4.74 Å². The van der Waals surface area contributed by atoms with E-state index in [1.807, 2.05) is 27.9 Å². The molecule has 0 bridgehead atoms. The third-order valence-electron chi connectivity index (χ3n) is 3.01. The van der Waals surface area contributed by atoms with E-state index in [2.05, 4.69) is 34.5 Å². The Hall–Kier alpha value is -1.55. The minimum Gasteiger partial charge on any atom is -0.378 e. The molecule has 0 aliphatic heterocycles. The number of ether oxygens (including phenoxy) is 1. The van der Waals surface area contributed by atoms with E-state index < -0.39 is 6.10 Å². The van der Waals surface area contributed by atoms with E-state index in [0.29, 0.717) is 6.54 Å². The molecule has 1 rings (SSSR count). The molecule has 4 nitrogen and oxygen atoms in total. The summed E-state index contributed by atoms with van der Waals surface area (Å²) < 4.78 is 5.44. The van der Waals surface area contributed by atoms with Crippen LogP contribution >= 0.6 is 0 Å². The third kappa shape index (κ3) is 5.61. The van der Waals surface area contributed by atoms with Crippen LogP contribution in [0, 0.1) is 0 Å². The zero-order valence-electron chi connectivity index (χ0n) is 13.1. The summed E-state index contributed by atoms with van der Waals surface area (Å²) in [5.74, 6) is -0.0522. The van der Waals surface area contributed by atoms with Crippen molar-refractivity contribution in [2.24, 2.45) is 0 Å². The van der Waals surface area contributed by atoms with Crippen molar-refractivity contribution in [1.82, 2.24) is 5.32 Å². The van der Waals surface area contributed by atoms with Gasteiger partial charge in [0.25, 0.3) is 0 Å². The minimum absolute atomic E-state index is 0.0522. The van der Waals surface area contributed by atoms with Gasteiger partial charge in [0.2, 0.25) is 5.91 Å². The second-order valence-corrected chi connectivity index (χ2v) is 5.43. The Morgan fingerprint density at radius 2 is 1.80 bits per heavy atom. The van der Waals surface area contributed by atoms with Crippen molar-refractivity contribution in [3.63, 3.8) is 0 Å². The zero-order chi connectivity index (χ0) is 15.1. The Morgan fingerprint density at radius 3 is 2.30 bits per heavy atom. The Bertz CT molecular complexity index is 413. The summed E-state index contributed by atoms with van der Waals surface area (Å²) >= 11 is 0. The van der Waals surface area contributed by atoms with Crippen molar-refractivity contribution in [3.05, 3.63) is 29.8 Å². The highest BCUT2D eigenvalue weighted by atomic mass is 16.5. The summed E-state index contributed by atoms with van der Waals surface area (Å²) in [4.78, 5) is 13.8. The smallest absolute Gasteiger partial charge is 0.248 e. The van der Waals surface area contributed by atoms with Gasteiger partial charge in [-0.3, -0.25) is 4.79 Å². The van der Waals surface area contributed by atoms with Gasteiger partial charge in [0.05, 0.1) is 6.10 Å². The Kier molecular flexibility index (Phi) is 6.52. The normalized spacial score (nSPS) is 12.3. The van der Waals surface area contributed by atoms with Crippen molar-refractivity contribution in [2.75, 3.05) is 25.5 Å². The number of benzene rings is 1. The highest BCUT2D eigenvalue weighted by Crippen LogP contribution is 2.12. The molecular formula is C16H26N2O2. The van der Waals surface area contributed by atoms with Crippen LogP contribution in [0.3, 0.4) is 0 Å². The molecule has 1 atom stereocenters. The fourth-order valence-corrected chi connectivity index (χ4v) is 1.90. The van der Waals surface area contributed by atoms with Crippen LogP contribution < -0.4 is 10.2 Å². The molecule has 0 spiro atoms. The van der Waals surface area contributed by atoms with Crippen LogP contribution in [0.4, 0.5) is 5.69 Å². The van der Waals surface area contributed by atoms with Gasteiger partial charge in [0, 0.05) is 26.3 Å². The van der Waals surface area contributed by atoms with Crippen LogP contribution in [0.1, 0.15) is 26.3 Å². The number of hydrogen-bond acceptors (Lipinski definition) is 3. The average molecular weight is 278 g/mol. The lowest BCUT2D eigenvalue weighted by atomic mass is 10.1. The van der Waals surface area contributed by atoms with Gasteiger partial charge in [-0.1, -0.05) is 12.1 Å². The number of nitrogens with zero attached hydrogens (tertiary/aromatic N) is 1. The number of amides is 1. The zero-order valence-corrected chi connectivity index (χ0v) is 13.1. The molecule has 0 heterocycles. The lowest BCUT2D eigenvalue weighted by molar-refractivity contribution is -0.134. The van der Waals surface area contributed by atoms with Crippen molar-refractivity contribution >= 4 is 11.6 Å². The number of hydrogen-bond donors (Lipinski definition) is 1. The molecule has 1 aromatic rings. The molecule has 0 radical (unpaired) electrons. The summed E-state index contributed by atoms with van der Waals surface area (Å²) in [5, 5.41) is 2.90. The molecule has 0 aromatic heterocycles. The van der Waals surface area contributed by atoms with Crippen molar-refractivity contribution in [2.45, 2.75) is 39.4 Å². The van der Waals surface area contributed by atoms with E-state index in [1.54, 1.807) is 6.92 Å². The van der Waals surface area contributed by atoms with Gasteiger partial charge in [-0.05, 0) is 44.9 Å². The predicted molar refractivity (Wildman–Crippen MR) is 83.2 cm³/mol. The van der Waals surface area contributed by atoms with E-state index in [1.165, 1.54) is 11.3 Å². The van der Waals surface area contributed by atoms with Gasteiger partial charge in [0.1, 0.15) is 6.10 Å². The molecule has 4 heteroatoms. The molecule has 0 aliphatic carbocycles. The molecule has 112 valence electrons. The van der Waals surface area contributed by atoms with Crippen molar-refractivity contribution in [1.29, 1.82) is 0 Å². The Balaban J connectivity index is 2.35. The van der Waals surface area contributed by atoms with Gasteiger partial charge in [-0.25, -0.2) is 0 Å². The fourth-order valence-electron chi connectivity index (χ4n) is 1.90. The van der Waals surface area contributed by atoms with Crippen molar-refractivity contribution < 1.29 is 9.53 Å². The van der Waals surface area contributed by atoms with E-state index in [9.17, 15) is 4.79 Å². The number of rotatable bonds is 7. The number of nitrogens with one attached hydrogen (secondary N) is 1. The molecule has 20 heavy (non-hydrogen) atoms. The van der Waals surface area contributed by atoms with E-state index in [0.717, 1.165) is 6.42 Å². The number of carbonyl (C=O) groups is 1. The summed E-state index contributed by atoms with van der Waals surface area (Å²) in [5.41, 5.74) is 2.39. The monoisotopic (exact) mass is 278 g/mol. The number of anilines is 1. The Labute approximate surface area is 122 Å². The largest absolute Gasteiger partial charge is 0.378 e. The SMILES string of the molecule is CC(C)OC(C)C(=O)NCCc1ccc(N(C)C)cc1. The first-order valence-corrected chi connectivity index (χ1v) is 7.09. The lowest BCUT2D eigenvalue weighted by Crippen LogP contribution is -2.36. The minimum atomic E-state index is -0.397. The van der Waals surface area contributed by atoms with Crippen LogP contribution in [0.15, 0.2) is 24.3 Å². The summed E-state index contributed by atoms with van der Waals surface area (Å²) in [7, 11) is 4.04. The summed E-state index contributed by atoms with van der Waals surface area (Å²) in [6.45, 7) is 6.26. The van der Waals surface area contributed by atoms with Crippen LogP contribution in [0.25, 0.3) is 0 Å². The second-order valence-electron chi connectivity index (χ2n) is 5.43. The van der Waals surface area contributed by atoms with Crippen LogP contribution in [0.2, 0.25) is 0 Å². The van der Waals surface area contributed by atoms with Gasteiger partial charge in [0.15, 0.2) is 0 Å². The van der Waals surface area contributed by atoms with E-state index >= 15 is 0 Å². The van der Waals surface area contributed by atoms with Crippen LogP contribution in [-0.2, 0) is 16.0 Å². The lowest BCUT2D eigenvalue weighted by Gasteiger charge is -2.16. The van der Waals surface area contributed by atoms with Crippen LogP contribution in [0.5, 0.6) is 0 Å². The molecule has 1 unspecified atom stereocenters. The standard InChI is InChI=1S/C16H26N2O2/c1-12(2)20-13(3)16(19)17-11-10-14-6-8-15(9-7-14)18(4)5/h6-9,12-13H,10-11H2,1-5H3,(H,17,19). The molecule has 0 aliphatic rings. The van der Waals surface area contributed by atoms with Crippen molar-refractivity contribution in [3.8, 4) is 0 Å². The molecule has 1 N–H and O–H groups in total. The molecule has 1 aromatic carbocycles.